The van der Waals surface area contributed by atoms with Gasteiger partial charge in [0.2, 0.25) is 0 Å². The third-order valence-corrected chi connectivity index (χ3v) is 2.41. The summed E-state index contributed by atoms with van der Waals surface area (Å²) in [5.74, 6) is -4.19. The van der Waals surface area contributed by atoms with E-state index < -0.39 is 17.7 Å². The maximum absolute atomic E-state index is 13.1. The number of halogens is 2. The molecule has 2 nitrogen and oxygen atoms in total. The monoisotopic (exact) mass is 177 g/mol. The van der Waals surface area contributed by atoms with E-state index >= 15 is 0 Å². The van der Waals surface area contributed by atoms with Crippen molar-refractivity contribution in [3.05, 3.63) is 0 Å². The minimum atomic E-state index is -3.16. The van der Waals surface area contributed by atoms with Crippen molar-refractivity contribution < 1.29 is 13.6 Å². The normalized spacial score (nSPS) is 26.2. The molecule has 0 radical (unpaired) electrons. The molecule has 0 N–H and O–H groups in total. The first-order valence-corrected chi connectivity index (χ1v) is 4.05. The lowest BCUT2D eigenvalue weighted by atomic mass is 10.0. The summed E-state index contributed by atoms with van der Waals surface area (Å²) < 4.78 is 26.2. The Bertz CT molecular complexity index is 193. The van der Waals surface area contributed by atoms with Crippen molar-refractivity contribution in [3.63, 3.8) is 0 Å². The lowest BCUT2D eigenvalue weighted by molar-refractivity contribution is -0.148. The van der Waals surface area contributed by atoms with Crippen molar-refractivity contribution >= 4 is 5.78 Å². The fraction of sp³-hybridized carbons (Fsp3) is 0.875. The molecule has 1 aliphatic heterocycles. The minimum Gasteiger partial charge on any atom is -0.297 e. The van der Waals surface area contributed by atoms with Crippen LogP contribution in [0.4, 0.5) is 8.78 Å². The van der Waals surface area contributed by atoms with Gasteiger partial charge in [0, 0.05) is 6.92 Å². The topological polar surface area (TPSA) is 20.3 Å². The van der Waals surface area contributed by atoms with E-state index in [1.807, 2.05) is 0 Å². The van der Waals surface area contributed by atoms with Gasteiger partial charge in [0.05, 0.1) is 6.04 Å². The number of carbonyl (C=O) groups is 1. The van der Waals surface area contributed by atoms with Crippen LogP contribution in [-0.2, 0) is 4.79 Å². The number of Topliss-reactive ketones (excluding diaryl/α,β-unsaturated/α-hetero) is 1. The highest BCUT2D eigenvalue weighted by Gasteiger charge is 2.47. The SMILES string of the molecule is CC(=O)C(F)(F)C1CCCN1C. The van der Waals surface area contributed by atoms with Crippen LogP contribution in [0.15, 0.2) is 0 Å². The van der Waals surface area contributed by atoms with E-state index in [9.17, 15) is 13.6 Å². The average molecular weight is 177 g/mol. The molecule has 0 saturated carbocycles. The summed E-state index contributed by atoms with van der Waals surface area (Å²) in [6, 6.07) is -0.880. The Morgan fingerprint density at radius 3 is 2.50 bits per heavy atom. The van der Waals surface area contributed by atoms with E-state index in [1.165, 1.54) is 0 Å². The highest BCUT2D eigenvalue weighted by atomic mass is 19.3. The summed E-state index contributed by atoms with van der Waals surface area (Å²) in [6.07, 6.45) is 1.17. The van der Waals surface area contributed by atoms with Crippen LogP contribution < -0.4 is 0 Å². The first kappa shape index (κ1) is 9.58. The molecule has 1 aliphatic rings. The van der Waals surface area contributed by atoms with Gasteiger partial charge in [-0.15, -0.1) is 0 Å². The number of hydrogen-bond acceptors (Lipinski definition) is 2. The standard InChI is InChI=1S/C8H13F2NO/c1-6(12)8(9,10)7-4-3-5-11(7)2/h7H,3-5H2,1-2H3. The maximum atomic E-state index is 13.1. The Hall–Kier alpha value is -0.510. The van der Waals surface area contributed by atoms with Gasteiger partial charge in [-0.25, -0.2) is 0 Å². The highest BCUT2D eigenvalue weighted by Crippen LogP contribution is 2.30. The first-order chi connectivity index (χ1) is 5.46. The Balaban J connectivity index is 2.73. The molecule has 0 amide bonds. The van der Waals surface area contributed by atoms with Crippen molar-refractivity contribution in [1.82, 2.24) is 4.90 Å². The second-order valence-corrected chi connectivity index (χ2v) is 3.32. The number of carbonyl (C=O) groups excluding carboxylic acids is 1. The quantitative estimate of drug-likeness (QED) is 0.633. The number of hydrogen-bond donors (Lipinski definition) is 0. The van der Waals surface area contributed by atoms with Gasteiger partial charge in [-0.05, 0) is 26.4 Å². The van der Waals surface area contributed by atoms with Crippen LogP contribution in [0.1, 0.15) is 19.8 Å². The van der Waals surface area contributed by atoms with Gasteiger partial charge in [0.1, 0.15) is 0 Å². The van der Waals surface area contributed by atoms with Crippen LogP contribution in [0.25, 0.3) is 0 Å². The van der Waals surface area contributed by atoms with Crippen molar-refractivity contribution in [2.24, 2.45) is 0 Å². The first-order valence-electron chi connectivity index (χ1n) is 4.05. The molecular weight excluding hydrogens is 164 g/mol. The van der Waals surface area contributed by atoms with E-state index in [-0.39, 0.29) is 0 Å². The fourth-order valence-electron chi connectivity index (χ4n) is 1.60. The summed E-state index contributed by atoms with van der Waals surface area (Å²) in [5.41, 5.74) is 0. The maximum Gasteiger partial charge on any atom is 0.320 e. The molecule has 12 heavy (non-hydrogen) atoms. The molecule has 1 rings (SSSR count). The zero-order valence-corrected chi connectivity index (χ0v) is 7.31. The number of nitrogens with zero attached hydrogens (tertiary/aromatic N) is 1. The van der Waals surface area contributed by atoms with Gasteiger partial charge in [-0.3, -0.25) is 9.69 Å². The average Bonchev–Trinajstić information content (AvgIpc) is 2.35. The summed E-state index contributed by atoms with van der Waals surface area (Å²) in [7, 11) is 1.63. The van der Waals surface area contributed by atoms with Crippen LogP contribution in [0.2, 0.25) is 0 Å². The molecule has 1 heterocycles. The van der Waals surface area contributed by atoms with Crippen LogP contribution in [-0.4, -0.2) is 36.2 Å². The van der Waals surface area contributed by atoms with Crippen LogP contribution in [0.5, 0.6) is 0 Å². The molecule has 0 aromatic carbocycles. The number of alkyl halides is 2. The predicted molar refractivity (Wildman–Crippen MR) is 41.3 cm³/mol. The molecule has 4 heteroatoms. The third-order valence-electron chi connectivity index (χ3n) is 2.41. The van der Waals surface area contributed by atoms with Crippen LogP contribution in [0.3, 0.4) is 0 Å². The van der Waals surface area contributed by atoms with Crippen molar-refractivity contribution in [3.8, 4) is 0 Å². The third kappa shape index (κ3) is 1.48. The largest absolute Gasteiger partial charge is 0.320 e. The molecular formula is C8H13F2NO. The lowest BCUT2D eigenvalue weighted by Crippen LogP contribution is -2.46. The van der Waals surface area contributed by atoms with Crippen molar-refractivity contribution in [2.45, 2.75) is 31.7 Å². The second kappa shape index (κ2) is 3.09. The summed E-state index contributed by atoms with van der Waals surface area (Å²) in [4.78, 5) is 12.2. The summed E-state index contributed by atoms with van der Waals surface area (Å²) in [5, 5.41) is 0. The smallest absolute Gasteiger partial charge is 0.297 e. The summed E-state index contributed by atoms with van der Waals surface area (Å²) >= 11 is 0. The van der Waals surface area contributed by atoms with Gasteiger partial charge in [0.15, 0.2) is 5.78 Å². The zero-order chi connectivity index (χ0) is 9.35. The molecule has 0 bridgehead atoms. The minimum absolute atomic E-state index is 0.420. The summed E-state index contributed by atoms with van der Waals surface area (Å²) in [6.45, 7) is 1.61. The molecule has 0 aromatic rings. The van der Waals surface area contributed by atoms with Gasteiger partial charge in [-0.1, -0.05) is 0 Å². The van der Waals surface area contributed by atoms with Crippen LogP contribution in [0, 0.1) is 0 Å². The van der Waals surface area contributed by atoms with E-state index in [0.29, 0.717) is 13.0 Å². The number of likely N-dealkylation sites (tertiary alicyclic amines) is 1. The van der Waals surface area contributed by atoms with Gasteiger partial charge < -0.3 is 0 Å². The zero-order valence-electron chi connectivity index (χ0n) is 7.31. The van der Waals surface area contributed by atoms with Gasteiger partial charge in [-0.2, -0.15) is 8.78 Å². The number of rotatable bonds is 2. The van der Waals surface area contributed by atoms with E-state index in [2.05, 4.69) is 0 Å². The Kier molecular flexibility index (Phi) is 2.46. The van der Waals surface area contributed by atoms with Gasteiger partial charge in [0.25, 0.3) is 0 Å². The van der Waals surface area contributed by atoms with Crippen molar-refractivity contribution in [2.75, 3.05) is 13.6 Å². The Morgan fingerprint density at radius 2 is 2.17 bits per heavy atom. The Labute approximate surface area is 70.5 Å². The lowest BCUT2D eigenvalue weighted by Gasteiger charge is -2.26. The predicted octanol–water partition coefficient (Wildman–Crippen LogP) is 1.30. The van der Waals surface area contributed by atoms with Gasteiger partial charge >= 0.3 is 5.92 Å². The second-order valence-electron chi connectivity index (χ2n) is 3.32. The molecule has 1 unspecified atom stereocenters. The highest BCUT2D eigenvalue weighted by molar-refractivity contribution is 5.84. The fourth-order valence-corrected chi connectivity index (χ4v) is 1.60. The molecule has 0 aliphatic carbocycles. The molecule has 1 fully saturated rings. The Morgan fingerprint density at radius 1 is 1.58 bits per heavy atom. The molecule has 0 spiro atoms. The van der Waals surface area contributed by atoms with E-state index in [0.717, 1.165) is 13.3 Å². The van der Waals surface area contributed by atoms with Crippen molar-refractivity contribution in [1.29, 1.82) is 0 Å². The molecule has 70 valence electrons. The number of ketones is 1. The molecule has 1 saturated heterocycles. The molecule has 1 atom stereocenters. The van der Waals surface area contributed by atoms with E-state index in [4.69, 9.17) is 0 Å². The molecule has 0 aromatic heterocycles. The van der Waals surface area contributed by atoms with Crippen LogP contribution >= 0.6 is 0 Å². The van der Waals surface area contributed by atoms with E-state index in [1.54, 1.807) is 11.9 Å².